The summed E-state index contributed by atoms with van der Waals surface area (Å²) in [6.45, 7) is 5.40. The fourth-order valence-electron chi connectivity index (χ4n) is 1.76. The second-order valence-corrected chi connectivity index (χ2v) is 4.88. The van der Waals surface area contributed by atoms with Gasteiger partial charge in [0.15, 0.2) is 5.96 Å². The van der Waals surface area contributed by atoms with Crippen LogP contribution in [-0.4, -0.2) is 29.2 Å². The van der Waals surface area contributed by atoms with Crippen molar-refractivity contribution in [3.8, 4) is 11.4 Å². The van der Waals surface area contributed by atoms with Crippen molar-refractivity contribution in [3.05, 3.63) is 36.2 Å². The molecular weight excluding hydrogens is 393 g/mol. The van der Waals surface area contributed by atoms with Gasteiger partial charge in [-0.05, 0) is 6.42 Å². The molecular formula is C15H22IN5O. The third-order valence-corrected chi connectivity index (χ3v) is 2.99. The molecule has 1 atom stereocenters. The quantitative estimate of drug-likeness (QED) is 0.430. The minimum absolute atomic E-state index is 0. The summed E-state index contributed by atoms with van der Waals surface area (Å²) in [5.74, 6) is 1.64. The molecule has 1 heterocycles. The van der Waals surface area contributed by atoms with Crippen molar-refractivity contribution < 1.29 is 4.52 Å². The van der Waals surface area contributed by atoms with Crippen molar-refractivity contribution in [2.45, 2.75) is 26.2 Å². The summed E-state index contributed by atoms with van der Waals surface area (Å²) in [5, 5.41) is 7.03. The first-order chi connectivity index (χ1) is 10.2. The summed E-state index contributed by atoms with van der Waals surface area (Å²) in [5.41, 5.74) is 6.69. The molecule has 3 N–H and O–H groups in total. The number of benzene rings is 1. The molecule has 7 heteroatoms. The van der Waals surface area contributed by atoms with E-state index in [1.54, 1.807) is 0 Å². The second kappa shape index (κ2) is 9.39. The van der Waals surface area contributed by atoms with Gasteiger partial charge < -0.3 is 15.6 Å². The Kier molecular flexibility index (Phi) is 7.86. The van der Waals surface area contributed by atoms with E-state index in [2.05, 4.69) is 27.4 Å². The number of halogens is 1. The molecule has 120 valence electrons. The van der Waals surface area contributed by atoms with Gasteiger partial charge in [-0.1, -0.05) is 49.3 Å². The maximum absolute atomic E-state index is 5.75. The van der Waals surface area contributed by atoms with Gasteiger partial charge in [0, 0.05) is 12.1 Å². The summed E-state index contributed by atoms with van der Waals surface area (Å²) in [7, 11) is 0. The van der Waals surface area contributed by atoms with Crippen molar-refractivity contribution in [2.24, 2.45) is 10.7 Å². The largest absolute Gasteiger partial charge is 0.370 e. The number of aromatic nitrogens is 2. The number of nitrogens with zero attached hydrogens (tertiary/aromatic N) is 3. The molecule has 1 aromatic heterocycles. The molecule has 1 aromatic carbocycles. The van der Waals surface area contributed by atoms with Crippen LogP contribution in [0.2, 0.25) is 0 Å². The van der Waals surface area contributed by atoms with E-state index in [1.165, 1.54) is 0 Å². The molecule has 0 aliphatic carbocycles. The van der Waals surface area contributed by atoms with Gasteiger partial charge in [0.25, 0.3) is 0 Å². The van der Waals surface area contributed by atoms with Crippen molar-refractivity contribution in [3.63, 3.8) is 0 Å². The molecule has 0 aliphatic rings. The van der Waals surface area contributed by atoms with Crippen LogP contribution < -0.4 is 11.1 Å². The summed E-state index contributed by atoms with van der Waals surface area (Å²) < 4.78 is 5.30. The minimum Gasteiger partial charge on any atom is -0.370 e. The van der Waals surface area contributed by atoms with Crippen molar-refractivity contribution in [1.29, 1.82) is 0 Å². The molecule has 2 rings (SSSR count). The fourth-order valence-corrected chi connectivity index (χ4v) is 1.76. The molecule has 0 spiro atoms. The van der Waals surface area contributed by atoms with Crippen LogP contribution in [-0.2, 0) is 0 Å². The zero-order valence-electron chi connectivity index (χ0n) is 12.8. The minimum atomic E-state index is 0. The number of hydrogen-bond donors (Lipinski definition) is 2. The first-order valence-electron chi connectivity index (χ1n) is 7.13. The van der Waals surface area contributed by atoms with Crippen LogP contribution in [0.3, 0.4) is 0 Å². The number of nitrogens with two attached hydrogens (primary N) is 1. The van der Waals surface area contributed by atoms with Gasteiger partial charge in [0.1, 0.15) is 0 Å². The summed E-state index contributed by atoms with van der Waals surface area (Å²) >= 11 is 0. The molecule has 2 aromatic rings. The Balaban J connectivity index is 0.00000242. The molecule has 0 radical (unpaired) electrons. The number of guanidine groups is 1. The van der Waals surface area contributed by atoms with Gasteiger partial charge in [-0.25, -0.2) is 0 Å². The summed E-state index contributed by atoms with van der Waals surface area (Å²) in [4.78, 5) is 8.69. The van der Waals surface area contributed by atoms with E-state index < -0.39 is 0 Å². The van der Waals surface area contributed by atoms with E-state index in [1.807, 2.05) is 37.3 Å². The van der Waals surface area contributed by atoms with E-state index in [-0.39, 0.29) is 29.9 Å². The Labute approximate surface area is 147 Å². The normalized spacial score (nSPS) is 12.5. The number of nitrogens with one attached hydrogen (secondary N) is 1. The standard InChI is InChI=1S/C15H21N5O.HI/c1-3-9-17-15(16)18-10-11(2)14-19-13(20-21-14)12-7-5-4-6-8-12;/h4-8,11H,3,9-10H2,1-2H3,(H3,16,17,18);1H. The lowest BCUT2D eigenvalue weighted by atomic mass is 10.2. The maximum Gasteiger partial charge on any atom is 0.231 e. The lowest BCUT2D eigenvalue weighted by molar-refractivity contribution is 0.361. The van der Waals surface area contributed by atoms with Gasteiger partial charge in [0.05, 0.1) is 12.5 Å². The highest BCUT2D eigenvalue weighted by molar-refractivity contribution is 14.0. The SMILES string of the molecule is CCCNC(N)=NCC(C)c1nc(-c2ccccc2)no1.I. The molecule has 1 unspecified atom stereocenters. The molecule has 0 saturated carbocycles. The van der Waals surface area contributed by atoms with Crippen LogP contribution in [0.15, 0.2) is 39.8 Å². The molecule has 0 aliphatic heterocycles. The first-order valence-corrected chi connectivity index (χ1v) is 7.13. The Morgan fingerprint density at radius 2 is 2.09 bits per heavy atom. The van der Waals surface area contributed by atoms with Gasteiger partial charge in [-0.2, -0.15) is 4.98 Å². The van der Waals surface area contributed by atoms with E-state index in [0.29, 0.717) is 24.2 Å². The molecule has 0 saturated heterocycles. The highest BCUT2D eigenvalue weighted by Crippen LogP contribution is 2.19. The van der Waals surface area contributed by atoms with Gasteiger partial charge >= 0.3 is 0 Å². The van der Waals surface area contributed by atoms with Crippen LogP contribution in [0, 0.1) is 0 Å². The van der Waals surface area contributed by atoms with Gasteiger partial charge in [-0.15, -0.1) is 24.0 Å². The number of aliphatic imine (C=N–C) groups is 1. The molecule has 22 heavy (non-hydrogen) atoms. The van der Waals surface area contributed by atoms with Crippen molar-refractivity contribution in [2.75, 3.05) is 13.1 Å². The zero-order valence-corrected chi connectivity index (χ0v) is 15.2. The van der Waals surface area contributed by atoms with Crippen LogP contribution in [0.25, 0.3) is 11.4 Å². The van der Waals surface area contributed by atoms with E-state index in [0.717, 1.165) is 18.5 Å². The van der Waals surface area contributed by atoms with Crippen LogP contribution >= 0.6 is 24.0 Å². The average molecular weight is 415 g/mol. The summed E-state index contributed by atoms with van der Waals surface area (Å²) in [6, 6.07) is 9.74. The van der Waals surface area contributed by atoms with E-state index in [9.17, 15) is 0 Å². The second-order valence-electron chi connectivity index (χ2n) is 4.88. The Morgan fingerprint density at radius 1 is 1.36 bits per heavy atom. The predicted molar refractivity (Wildman–Crippen MR) is 98.3 cm³/mol. The summed E-state index contributed by atoms with van der Waals surface area (Å²) in [6.07, 6.45) is 1.01. The Bertz CT molecular complexity index is 585. The van der Waals surface area contributed by atoms with Crippen LogP contribution in [0.1, 0.15) is 32.1 Å². The zero-order chi connectivity index (χ0) is 15.1. The molecule has 0 fully saturated rings. The smallest absolute Gasteiger partial charge is 0.231 e. The predicted octanol–water partition coefficient (Wildman–Crippen LogP) is 2.77. The molecule has 6 nitrogen and oxygen atoms in total. The average Bonchev–Trinajstić information content (AvgIpc) is 3.01. The van der Waals surface area contributed by atoms with Gasteiger partial charge in [0.2, 0.25) is 11.7 Å². The third kappa shape index (κ3) is 5.28. The number of hydrogen-bond acceptors (Lipinski definition) is 4. The van der Waals surface area contributed by atoms with Crippen molar-refractivity contribution >= 4 is 29.9 Å². The Hall–Kier alpha value is -1.64. The maximum atomic E-state index is 5.75. The first kappa shape index (κ1) is 18.4. The lowest BCUT2D eigenvalue weighted by Gasteiger charge is -2.05. The molecule has 0 amide bonds. The number of rotatable bonds is 6. The van der Waals surface area contributed by atoms with E-state index in [4.69, 9.17) is 10.3 Å². The van der Waals surface area contributed by atoms with Gasteiger partial charge in [-0.3, -0.25) is 4.99 Å². The van der Waals surface area contributed by atoms with Crippen LogP contribution in [0.5, 0.6) is 0 Å². The lowest BCUT2D eigenvalue weighted by Crippen LogP contribution is -2.32. The Morgan fingerprint density at radius 3 is 2.77 bits per heavy atom. The third-order valence-electron chi connectivity index (χ3n) is 2.99. The highest BCUT2D eigenvalue weighted by atomic mass is 127. The van der Waals surface area contributed by atoms with Crippen LogP contribution in [0.4, 0.5) is 0 Å². The highest BCUT2D eigenvalue weighted by Gasteiger charge is 2.14. The van der Waals surface area contributed by atoms with E-state index >= 15 is 0 Å². The molecule has 0 bridgehead atoms. The van der Waals surface area contributed by atoms with Crippen molar-refractivity contribution in [1.82, 2.24) is 15.5 Å². The fraction of sp³-hybridized carbons (Fsp3) is 0.400. The monoisotopic (exact) mass is 415 g/mol. The topological polar surface area (TPSA) is 89.3 Å².